The van der Waals surface area contributed by atoms with Crippen molar-refractivity contribution in [3.05, 3.63) is 59.8 Å². The first-order valence-electron chi connectivity index (χ1n) is 11.6. The number of nitrogens with zero attached hydrogens (tertiary/aromatic N) is 6. The smallest absolute Gasteiger partial charge is 0.240 e. The van der Waals surface area contributed by atoms with Crippen LogP contribution in [0.4, 0.5) is 8.78 Å². The SMILES string of the molecule is CC(=O)NC1CCC(n2nc(F)c(-c3cc(Sc4ncccc4F)c4c(C#N)cnn4c3)c2C)CC1. The molecular formula is C25H23F2N7OS. The molecule has 36 heavy (non-hydrogen) atoms. The lowest BCUT2D eigenvalue weighted by molar-refractivity contribution is -0.119. The number of amides is 1. The molecule has 0 unspecified atom stereocenters. The highest BCUT2D eigenvalue weighted by atomic mass is 32.2. The van der Waals surface area contributed by atoms with E-state index in [-0.39, 0.29) is 23.0 Å². The molecule has 0 spiro atoms. The van der Waals surface area contributed by atoms with Gasteiger partial charge in [0.05, 0.1) is 28.9 Å². The Kier molecular flexibility index (Phi) is 6.45. The van der Waals surface area contributed by atoms with Crippen LogP contribution in [0.3, 0.4) is 0 Å². The molecule has 1 amide bonds. The van der Waals surface area contributed by atoms with Gasteiger partial charge in [0, 0.05) is 41.5 Å². The number of rotatable bonds is 5. The van der Waals surface area contributed by atoms with Crippen molar-refractivity contribution in [2.24, 2.45) is 0 Å². The van der Waals surface area contributed by atoms with Crippen molar-refractivity contribution in [1.82, 2.24) is 29.7 Å². The number of fused-ring (bicyclic) bond motifs is 1. The quantitative estimate of drug-likeness (QED) is 0.416. The van der Waals surface area contributed by atoms with Crippen LogP contribution in [-0.4, -0.2) is 36.3 Å². The van der Waals surface area contributed by atoms with Crippen LogP contribution in [0.5, 0.6) is 0 Å². The van der Waals surface area contributed by atoms with Gasteiger partial charge in [-0.1, -0.05) is 11.8 Å². The maximum atomic E-state index is 15.3. The predicted octanol–water partition coefficient (Wildman–Crippen LogP) is 4.82. The normalized spacial score (nSPS) is 17.8. The summed E-state index contributed by atoms with van der Waals surface area (Å²) in [6, 6.07) is 6.79. The molecule has 0 atom stereocenters. The van der Waals surface area contributed by atoms with Gasteiger partial charge in [0.25, 0.3) is 0 Å². The highest BCUT2D eigenvalue weighted by molar-refractivity contribution is 7.99. The van der Waals surface area contributed by atoms with Gasteiger partial charge in [-0.15, -0.1) is 5.10 Å². The molecule has 1 N–H and O–H groups in total. The molecule has 184 valence electrons. The fraction of sp³-hybridized carbons (Fsp3) is 0.320. The summed E-state index contributed by atoms with van der Waals surface area (Å²) < 4.78 is 32.9. The maximum absolute atomic E-state index is 15.3. The van der Waals surface area contributed by atoms with Crippen molar-refractivity contribution < 1.29 is 13.6 Å². The fourth-order valence-corrected chi connectivity index (χ4v) is 5.82. The van der Waals surface area contributed by atoms with Crippen LogP contribution in [0.15, 0.2) is 46.7 Å². The van der Waals surface area contributed by atoms with E-state index in [0.717, 1.165) is 37.4 Å². The Morgan fingerprint density at radius 3 is 2.75 bits per heavy atom. The molecule has 4 heterocycles. The number of hydrogen-bond donors (Lipinski definition) is 1. The van der Waals surface area contributed by atoms with Crippen LogP contribution < -0.4 is 5.32 Å². The fourth-order valence-electron chi connectivity index (χ4n) is 4.85. The molecular weight excluding hydrogens is 484 g/mol. The number of carbonyl (C=O) groups excluding carboxylic acids is 1. The number of hydrogen-bond acceptors (Lipinski definition) is 6. The van der Waals surface area contributed by atoms with Gasteiger partial charge in [0.15, 0.2) is 5.82 Å². The standard InChI is InChI=1S/C25H23F2N7OS/c1-14-22(24(27)32-34(14)19-7-5-18(6-8-19)31-15(2)35)16-10-21(36-25-20(26)4-3-9-29-25)23-17(11-28)12-30-33(23)13-16/h3-4,9-10,12-13,18-19H,5-8H2,1-2H3,(H,31,35). The largest absolute Gasteiger partial charge is 0.354 e. The van der Waals surface area contributed by atoms with E-state index in [1.54, 1.807) is 16.9 Å². The number of aromatic nitrogens is 5. The first kappa shape index (κ1) is 23.9. The van der Waals surface area contributed by atoms with Crippen molar-refractivity contribution in [3.8, 4) is 17.2 Å². The molecule has 0 bridgehead atoms. The number of nitrogens with one attached hydrogen (secondary N) is 1. The summed E-state index contributed by atoms with van der Waals surface area (Å²) >= 11 is 1.06. The van der Waals surface area contributed by atoms with Gasteiger partial charge in [0.2, 0.25) is 11.9 Å². The van der Waals surface area contributed by atoms with Gasteiger partial charge in [-0.25, -0.2) is 13.9 Å². The first-order valence-corrected chi connectivity index (χ1v) is 12.4. The number of pyridine rings is 2. The zero-order valence-electron chi connectivity index (χ0n) is 19.7. The van der Waals surface area contributed by atoms with Crippen LogP contribution in [0.2, 0.25) is 0 Å². The highest BCUT2D eigenvalue weighted by Crippen LogP contribution is 2.38. The minimum atomic E-state index is -0.608. The third-order valence-corrected chi connectivity index (χ3v) is 7.50. The molecule has 0 aliphatic heterocycles. The topological polar surface area (TPSA) is 101 Å². The zero-order valence-corrected chi connectivity index (χ0v) is 20.5. The van der Waals surface area contributed by atoms with E-state index in [2.05, 4.69) is 26.6 Å². The Morgan fingerprint density at radius 1 is 1.28 bits per heavy atom. The van der Waals surface area contributed by atoms with Gasteiger partial charge in [-0.05, 0) is 50.8 Å². The Labute approximate surface area is 210 Å². The highest BCUT2D eigenvalue weighted by Gasteiger charge is 2.28. The minimum Gasteiger partial charge on any atom is -0.354 e. The van der Waals surface area contributed by atoms with Crippen molar-refractivity contribution in [1.29, 1.82) is 5.26 Å². The molecule has 0 aromatic carbocycles. The van der Waals surface area contributed by atoms with Crippen LogP contribution in [-0.2, 0) is 4.79 Å². The Bertz CT molecular complexity index is 1500. The number of carbonyl (C=O) groups is 1. The summed E-state index contributed by atoms with van der Waals surface area (Å²) in [5.74, 6) is -1.15. The van der Waals surface area contributed by atoms with Crippen molar-refractivity contribution in [2.45, 2.75) is 61.5 Å². The van der Waals surface area contributed by atoms with Gasteiger partial charge in [-0.3, -0.25) is 9.48 Å². The molecule has 1 fully saturated rings. The molecule has 1 aliphatic rings. The zero-order chi connectivity index (χ0) is 25.4. The van der Waals surface area contributed by atoms with Crippen molar-refractivity contribution in [2.75, 3.05) is 0 Å². The Balaban J connectivity index is 1.53. The van der Waals surface area contributed by atoms with Crippen molar-refractivity contribution >= 4 is 23.2 Å². The van der Waals surface area contributed by atoms with Crippen LogP contribution in [0, 0.1) is 30.0 Å². The monoisotopic (exact) mass is 507 g/mol. The van der Waals surface area contributed by atoms with E-state index in [9.17, 15) is 14.4 Å². The summed E-state index contributed by atoms with van der Waals surface area (Å²) in [5.41, 5.74) is 2.34. The Hall–Kier alpha value is -3.78. The second-order valence-corrected chi connectivity index (χ2v) is 9.88. The third kappa shape index (κ3) is 4.44. The number of nitriles is 1. The lowest BCUT2D eigenvalue weighted by Gasteiger charge is -2.29. The second kappa shape index (κ2) is 9.70. The van der Waals surface area contributed by atoms with E-state index in [1.807, 2.05) is 6.92 Å². The molecule has 11 heteroatoms. The molecule has 0 radical (unpaired) electrons. The van der Waals surface area contributed by atoms with E-state index < -0.39 is 11.8 Å². The van der Waals surface area contributed by atoms with Gasteiger partial charge in [-0.2, -0.15) is 14.8 Å². The first-order chi connectivity index (χ1) is 17.4. The van der Waals surface area contributed by atoms with E-state index >= 15 is 4.39 Å². The molecule has 8 nitrogen and oxygen atoms in total. The third-order valence-electron chi connectivity index (χ3n) is 6.47. The summed E-state index contributed by atoms with van der Waals surface area (Å²) in [5, 5.41) is 21.2. The van der Waals surface area contributed by atoms with Crippen LogP contribution in [0.1, 0.15) is 49.9 Å². The molecule has 4 aromatic heterocycles. The average Bonchev–Trinajstić information content (AvgIpc) is 3.40. The molecule has 5 rings (SSSR count). The summed E-state index contributed by atoms with van der Waals surface area (Å²) in [6.45, 7) is 3.33. The molecule has 4 aromatic rings. The van der Waals surface area contributed by atoms with Gasteiger partial charge in [0.1, 0.15) is 11.1 Å². The van der Waals surface area contributed by atoms with E-state index in [4.69, 9.17) is 0 Å². The van der Waals surface area contributed by atoms with Crippen LogP contribution >= 0.6 is 11.8 Å². The van der Waals surface area contributed by atoms with Crippen LogP contribution in [0.25, 0.3) is 16.6 Å². The van der Waals surface area contributed by atoms with Gasteiger partial charge < -0.3 is 5.32 Å². The predicted molar refractivity (Wildman–Crippen MR) is 129 cm³/mol. The summed E-state index contributed by atoms with van der Waals surface area (Å²) in [6.07, 6.45) is 7.72. The number of halogens is 2. The minimum absolute atomic E-state index is 0.0216. The molecule has 1 aliphatic carbocycles. The molecule has 0 saturated heterocycles. The van der Waals surface area contributed by atoms with Crippen molar-refractivity contribution in [3.63, 3.8) is 0 Å². The Morgan fingerprint density at radius 2 is 2.06 bits per heavy atom. The lowest BCUT2D eigenvalue weighted by Crippen LogP contribution is -2.36. The lowest BCUT2D eigenvalue weighted by atomic mass is 9.91. The summed E-state index contributed by atoms with van der Waals surface area (Å²) in [4.78, 5) is 16.0. The average molecular weight is 508 g/mol. The van der Waals surface area contributed by atoms with E-state index in [1.165, 1.54) is 36.0 Å². The maximum Gasteiger partial charge on any atom is 0.240 e. The summed E-state index contributed by atoms with van der Waals surface area (Å²) in [7, 11) is 0. The van der Waals surface area contributed by atoms with Gasteiger partial charge >= 0.3 is 0 Å². The second-order valence-electron chi connectivity index (χ2n) is 8.85. The van der Waals surface area contributed by atoms with E-state index in [0.29, 0.717) is 32.8 Å². The molecule has 1 saturated carbocycles.